The molecule has 1 amide bonds. The van der Waals surface area contributed by atoms with Gasteiger partial charge in [0, 0.05) is 38.1 Å². The van der Waals surface area contributed by atoms with Crippen LogP contribution in [-0.2, 0) is 14.8 Å². The Morgan fingerprint density at radius 3 is 2.52 bits per heavy atom. The third-order valence-electron chi connectivity index (χ3n) is 4.67. The molecule has 25 heavy (non-hydrogen) atoms. The van der Waals surface area contributed by atoms with E-state index < -0.39 is 10.0 Å². The first-order valence-electron chi connectivity index (χ1n) is 8.15. The Labute approximate surface area is 164 Å². The van der Waals surface area contributed by atoms with Crippen LogP contribution < -0.4 is 5.32 Å². The molecule has 3 heterocycles. The molecule has 2 aliphatic heterocycles. The Kier molecular flexibility index (Phi) is 7.15. The Balaban J connectivity index is 0.00000225. The second-order valence-electron chi connectivity index (χ2n) is 6.36. The Hall–Kier alpha value is -0.380. The molecule has 3 rings (SSSR count). The van der Waals surface area contributed by atoms with Crippen molar-refractivity contribution in [3.8, 4) is 0 Å². The van der Waals surface area contributed by atoms with Gasteiger partial charge in [0.1, 0.15) is 4.21 Å². The van der Waals surface area contributed by atoms with Crippen LogP contribution in [0.15, 0.2) is 16.3 Å². The van der Waals surface area contributed by atoms with Gasteiger partial charge in [-0.1, -0.05) is 11.6 Å². The maximum absolute atomic E-state index is 12.6. The van der Waals surface area contributed by atoms with E-state index in [0.29, 0.717) is 36.6 Å². The van der Waals surface area contributed by atoms with E-state index in [1.165, 1.54) is 10.4 Å². The number of piperidine rings is 1. The van der Waals surface area contributed by atoms with Crippen molar-refractivity contribution < 1.29 is 13.2 Å². The zero-order valence-corrected chi connectivity index (χ0v) is 17.2. The van der Waals surface area contributed by atoms with Crippen molar-refractivity contribution >= 4 is 51.3 Å². The molecule has 142 valence electrons. The second-order valence-corrected chi connectivity index (χ2v) is 10.2. The van der Waals surface area contributed by atoms with Crippen LogP contribution in [0.2, 0.25) is 4.34 Å². The molecule has 2 saturated heterocycles. The highest BCUT2D eigenvalue weighted by atomic mass is 35.5. The molecule has 1 N–H and O–H groups in total. The van der Waals surface area contributed by atoms with Crippen LogP contribution in [0.25, 0.3) is 0 Å². The minimum Gasteiger partial charge on any atom is -0.340 e. The highest BCUT2D eigenvalue weighted by Gasteiger charge is 2.34. The summed E-state index contributed by atoms with van der Waals surface area (Å²) in [6.45, 7) is 4.54. The lowest BCUT2D eigenvalue weighted by Crippen LogP contribution is -2.53. The van der Waals surface area contributed by atoms with Crippen LogP contribution >= 0.6 is 35.3 Å². The van der Waals surface area contributed by atoms with E-state index in [1.54, 1.807) is 6.07 Å². The van der Waals surface area contributed by atoms with E-state index in [9.17, 15) is 13.2 Å². The first-order chi connectivity index (χ1) is 11.4. The van der Waals surface area contributed by atoms with Crippen molar-refractivity contribution in [1.29, 1.82) is 0 Å². The molecule has 0 unspecified atom stereocenters. The van der Waals surface area contributed by atoms with Crippen molar-refractivity contribution in [2.24, 2.45) is 5.92 Å². The molecule has 0 saturated carbocycles. The van der Waals surface area contributed by atoms with Crippen molar-refractivity contribution in [3.63, 3.8) is 0 Å². The molecule has 6 nitrogen and oxygen atoms in total. The van der Waals surface area contributed by atoms with Crippen molar-refractivity contribution in [2.45, 2.75) is 30.0 Å². The minimum atomic E-state index is -3.50. The summed E-state index contributed by atoms with van der Waals surface area (Å²) in [5.74, 6) is 0.222. The van der Waals surface area contributed by atoms with E-state index >= 15 is 0 Å². The fourth-order valence-electron chi connectivity index (χ4n) is 3.33. The Morgan fingerprint density at radius 1 is 1.28 bits per heavy atom. The van der Waals surface area contributed by atoms with Gasteiger partial charge in [-0.3, -0.25) is 4.79 Å². The van der Waals surface area contributed by atoms with Crippen LogP contribution in [0.4, 0.5) is 0 Å². The number of thiophene rings is 1. The molecule has 1 aromatic heterocycles. The number of hydrogen-bond donors (Lipinski definition) is 1. The fourth-order valence-corrected chi connectivity index (χ4v) is 6.39. The Bertz CT molecular complexity index is 703. The first kappa shape index (κ1) is 20.9. The van der Waals surface area contributed by atoms with Gasteiger partial charge in [-0.05, 0) is 38.4 Å². The van der Waals surface area contributed by atoms with E-state index in [4.69, 9.17) is 11.6 Å². The van der Waals surface area contributed by atoms with Gasteiger partial charge < -0.3 is 10.2 Å². The van der Waals surface area contributed by atoms with Crippen LogP contribution in [0, 0.1) is 5.92 Å². The van der Waals surface area contributed by atoms with Gasteiger partial charge in [-0.25, -0.2) is 8.42 Å². The second kappa shape index (κ2) is 8.54. The van der Waals surface area contributed by atoms with Gasteiger partial charge in [-0.2, -0.15) is 4.31 Å². The topological polar surface area (TPSA) is 69.7 Å². The fraction of sp³-hybridized carbons (Fsp3) is 0.667. The van der Waals surface area contributed by atoms with Crippen molar-refractivity contribution in [2.75, 3.05) is 32.7 Å². The minimum absolute atomic E-state index is 0. The smallest absolute Gasteiger partial charge is 0.252 e. The lowest BCUT2D eigenvalue weighted by atomic mass is 9.92. The molecule has 0 aliphatic carbocycles. The first-order valence-corrected chi connectivity index (χ1v) is 10.8. The van der Waals surface area contributed by atoms with Crippen LogP contribution in [0.5, 0.6) is 0 Å². The van der Waals surface area contributed by atoms with Crippen LogP contribution in [0.3, 0.4) is 0 Å². The molecule has 2 fully saturated rings. The maximum Gasteiger partial charge on any atom is 0.252 e. The average Bonchev–Trinajstić information content (AvgIpc) is 3.01. The Morgan fingerprint density at radius 2 is 1.96 bits per heavy atom. The van der Waals surface area contributed by atoms with Gasteiger partial charge in [-0.15, -0.1) is 23.7 Å². The molecule has 2 atom stereocenters. The van der Waals surface area contributed by atoms with E-state index in [1.807, 2.05) is 4.90 Å². The zero-order valence-electron chi connectivity index (χ0n) is 14.0. The molecule has 10 heteroatoms. The number of sulfonamides is 1. The summed E-state index contributed by atoms with van der Waals surface area (Å²) in [6, 6.07) is 3.49. The van der Waals surface area contributed by atoms with Gasteiger partial charge in [0.2, 0.25) is 5.91 Å². The lowest BCUT2D eigenvalue weighted by Gasteiger charge is -2.37. The van der Waals surface area contributed by atoms with Crippen molar-refractivity contribution in [3.05, 3.63) is 16.5 Å². The summed E-state index contributed by atoms with van der Waals surface area (Å²) in [5, 5.41) is 3.35. The lowest BCUT2D eigenvalue weighted by molar-refractivity contribution is -0.137. The molecule has 0 bridgehead atoms. The number of carbonyl (C=O) groups is 1. The summed E-state index contributed by atoms with van der Waals surface area (Å²) < 4.78 is 27.3. The molecule has 2 aliphatic rings. The molecule has 0 radical (unpaired) electrons. The number of piperazine rings is 1. The van der Waals surface area contributed by atoms with Crippen molar-refractivity contribution in [1.82, 2.24) is 14.5 Å². The number of rotatable bonds is 3. The van der Waals surface area contributed by atoms with Crippen LogP contribution in [0.1, 0.15) is 19.8 Å². The quantitative estimate of drug-likeness (QED) is 0.800. The van der Waals surface area contributed by atoms with Gasteiger partial charge >= 0.3 is 0 Å². The highest BCUT2D eigenvalue weighted by molar-refractivity contribution is 7.91. The zero-order chi connectivity index (χ0) is 17.3. The largest absolute Gasteiger partial charge is 0.340 e. The summed E-state index contributed by atoms with van der Waals surface area (Å²) in [6.07, 6.45) is 1.71. The normalized spacial score (nSPS) is 25.4. The highest BCUT2D eigenvalue weighted by Crippen LogP contribution is 2.29. The monoisotopic (exact) mass is 427 g/mol. The summed E-state index contributed by atoms with van der Waals surface area (Å²) in [7, 11) is -3.50. The van der Waals surface area contributed by atoms with E-state index in [2.05, 4.69) is 12.2 Å². The standard InChI is InChI=1S/C15H22ClN3O3S2.ClH/c1-11-10-12(4-5-17-11)15(20)18-6-8-19(9-7-18)24(21,22)14-3-2-13(16)23-14;/h2-3,11-12,17H,4-10H2,1H3;1H/t11-,12-;/m0./s1. The number of hydrogen-bond acceptors (Lipinski definition) is 5. The van der Waals surface area contributed by atoms with Gasteiger partial charge in [0.25, 0.3) is 10.0 Å². The number of carbonyl (C=O) groups excluding carboxylic acids is 1. The SMILES string of the molecule is C[C@H]1C[C@@H](C(=O)N2CCN(S(=O)(=O)c3ccc(Cl)s3)CC2)CCN1.Cl. The van der Waals surface area contributed by atoms with Crippen LogP contribution in [-0.4, -0.2) is 62.3 Å². The third-order valence-corrected chi connectivity index (χ3v) is 8.26. The van der Waals surface area contributed by atoms with E-state index in [0.717, 1.165) is 30.7 Å². The summed E-state index contributed by atoms with van der Waals surface area (Å²) >= 11 is 6.91. The van der Waals surface area contributed by atoms with E-state index in [-0.39, 0.29) is 28.4 Å². The average molecular weight is 428 g/mol. The summed E-state index contributed by atoms with van der Waals surface area (Å²) in [4.78, 5) is 14.5. The van der Waals surface area contributed by atoms with Gasteiger partial charge in [0.05, 0.1) is 4.34 Å². The molecular formula is C15H23Cl2N3O3S2. The number of amides is 1. The molecular weight excluding hydrogens is 405 g/mol. The molecule has 0 aromatic carbocycles. The predicted molar refractivity (Wildman–Crippen MR) is 102 cm³/mol. The molecule has 0 spiro atoms. The number of nitrogens with zero attached hydrogens (tertiary/aromatic N) is 2. The third kappa shape index (κ3) is 4.67. The summed E-state index contributed by atoms with van der Waals surface area (Å²) in [5.41, 5.74) is 0. The number of nitrogens with one attached hydrogen (secondary N) is 1. The molecule has 1 aromatic rings. The number of halogens is 2. The maximum atomic E-state index is 12.6. The predicted octanol–water partition coefficient (Wildman–Crippen LogP) is 2.04. The van der Waals surface area contributed by atoms with Gasteiger partial charge in [0.15, 0.2) is 0 Å².